The topological polar surface area (TPSA) is 90.7 Å². The SMILES string of the molecule is COC(=O)c1sc2nc(C)n(C[C@H](O)COc3ccccc3F)c(=O)c2c1C. The summed E-state index contributed by atoms with van der Waals surface area (Å²) in [5, 5.41) is 10.6. The number of aromatic nitrogens is 2. The summed E-state index contributed by atoms with van der Waals surface area (Å²) >= 11 is 1.09. The number of hydrogen-bond acceptors (Lipinski definition) is 7. The number of carbonyl (C=O) groups is 1. The van der Waals surface area contributed by atoms with Gasteiger partial charge in [0, 0.05) is 0 Å². The van der Waals surface area contributed by atoms with Crippen LogP contribution in [0.4, 0.5) is 4.39 Å². The van der Waals surface area contributed by atoms with E-state index in [1.54, 1.807) is 19.9 Å². The molecule has 0 aliphatic rings. The van der Waals surface area contributed by atoms with Crippen molar-refractivity contribution in [3.63, 3.8) is 0 Å². The number of aliphatic hydroxyl groups excluding tert-OH is 1. The van der Waals surface area contributed by atoms with E-state index in [1.807, 2.05) is 0 Å². The smallest absolute Gasteiger partial charge is 0.348 e. The second kappa shape index (κ2) is 8.07. The summed E-state index contributed by atoms with van der Waals surface area (Å²) in [6, 6.07) is 5.87. The highest BCUT2D eigenvalue weighted by molar-refractivity contribution is 7.20. The van der Waals surface area contributed by atoms with Crippen molar-refractivity contribution in [2.75, 3.05) is 13.7 Å². The van der Waals surface area contributed by atoms with Crippen LogP contribution < -0.4 is 10.3 Å². The first-order valence-corrected chi connectivity index (χ1v) is 9.29. The Labute approximate surface area is 164 Å². The minimum Gasteiger partial charge on any atom is -0.488 e. The molecule has 0 radical (unpaired) electrons. The number of para-hydroxylation sites is 1. The number of hydrogen-bond donors (Lipinski definition) is 1. The van der Waals surface area contributed by atoms with E-state index in [0.29, 0.717) is 26.5 Å². The molecule has 1 N–H and O–H groups in total. The quantitative estimate of drug-likeness (QED) is 0.633. The van der Waals surface area contributed by atoms with Gasteiger partial charge in [-0.2, -0.15) is 0 Å². The van der Waals surface area contributed by atoms with E-state index >= 15 is 0 Å². The molecule has 0 aliphatic carbocycles. The predicted molar refractivity (Wildman–Crippen MR) is 103 cm³/mol. The zero-order valence-corrected chi connectivity index (χ0v) is 16.4. The molecule has 0 fully saturated rings. The van der Waals surface area contributed by atoms with Crippen LogP contribution in [-0.4, -0.2) is 40.4 Å². The lowest BCUT2D eigenvalue weighted by atomic mass is 10.2. The number of esters is 1. The second-order valence-corrected chi connectivity index (χ2v) is 7.20. The Kier molecular flexibility index (Phi) is 5.76. The molecule has 0 unspecified atom stereocenters. The number of halogens is 1. The van der Waals surface area contributed by atoms with Crippen molar-refractivity contribution in [2.24, 2.45) is 0 Å². The van der Waals surface area contributed by atoms with Gasteiger partial charge in [0.05, 0.1) is 19.0 Å². The van der Waals surface area contributed by atoms with Crippen molar-refractivity contribution < 1.29 is 23.8 Å². The molecule has 7 nitrogen and oxygen atoms in total. The predicted octanol–water partition coefficient (Wildman–Crippen LogP) is 2.44. The van der Waals surface area contributed by atoms with E-state index in [1.165, 1.54) is 29.9 Å². The van der Waals surface area contributed by atoms with Gasteiger partial charge in [0.1, 0.15) is 28.2 Å². The molecule has 3 rings (SSSR count). The number of nitrogens with zero attached hydrogens (tertiary/aromatic N) is 2. The molecular formula is C19H19FN2O5S. The van der Waals surface area contributed by atoms with Gasteiger partial charge in [-0.05, 0) is 31.5 Å². The third kappa shape index (κ3) is 3.76. The average molecular weight is 406 g/mol. The highest BCUT2D eigenvalue weighted by Gasteiger charge is 2.22. The van der Waals surface area contributed by atoms with E-state index in [4.69, 9.17) is 9.47 Å². The molecule has 28 heavy (non-hydrogen) atoms. The molecule has 0 aliphatic heterocycles. The number of carbonyl (C=O) groups excluding carboxylic acids is 1. The summed E-state index contributed by atoms with van der Waals surface area (Å²) in [5.41, 5.74) is 0.131. The normalized spacial score (nSPS) is 12.2. The van der Waals surface area contributed by atoms with Crippen LogP contribution >= 0.6 is 11.3 Å². The van der Waals surface area contributed by atoms with E-state index < -0.39 is 17.9 Å². The van der Waals surface area contributed by atoms with Crippen LogP contribution in [0.5, 0.6) is 5.75 Å². The van der Waals surface area contributed by atoms with Crippen molar-refractivity contribution in [3.8, 4) is 5.75 Å². The van der Waals surface area contributed by atoms with Crippen LogP contribution in [0.3, 0.4) is 0 Å². The third-order valence-corrected chi connectivity index (χ3v) is 5.44. The molecule has 148 valence electrons. The van der Waals surface area contributed by atoms with Gasteiger partial charge in [-0.25, -0.2) is 14.2 Å². The second-order valence-electron chi connectivity index (χ2n) is 6.20. The lowest BCUT2D eigenvalue weighted by Gasteiger charge is -2.16. The Bertz CT molecular complexity index is 1090. The van der Waals surface area contributed by atoms with Crippen LogP contribution in [0.25, 0.3) is 10.2 Å². The molecule has 2 aromatic heterocycles. The number of fused-ring (bicyclic) bond motifs is 1. The molecule has 0 bridgehead atoms. The Morgan fingerprint density at radius 3 is 2.75 bits per heavy atom. The Morgan fingerprint density at radius 2 is 2.07 bits per heavy atom. The van der Waals surface area contributed by atoms with Gasteiger partial charge in [0.25, 0.3) is 5.56 Å². The number of ether oxygens (including phenoxy) is 2. The molecule has 0 spiro atoms. The van der Waals surface area contributed by atoms with Crippen molar-refractivity contribution in [3.05, 3.63) is 56.7 Å². The minimum absolute atomic E-state index is 0.0237. The maximum atomic E-state index is 13.6. The van der Waals surface area contributed by atoms with Crippen LogP contribution in [0.1, 0.15) is 21.1 Å². The first-order valence-electron chi connectivity index (χ1n) is 8.47. The largest absolute Gasteiger partial charge is 0.488 e. The van der Waals surface area contributed by atoms with Crippen LogP contribution in [0, 0.1) is 19.7 Å². The first kappa shape index (κ1) is 20.0. The van der Waals surface area contributed by atoms with Crippen LogP contribution in [0.2, 0.25) is 0 Å². The summed E-state index contributed by atoms with van der Waals surface area (Å²) in [4.78, 5) is 29.9. The molecule has 3 aromatic rings. The van der Waals surface area contributed by atoms with Gasteiger partial charge in [0.15, 0.2) is 11.6 Å². The number of aliphatic hydroxyl groups is 1. The Morgan fingerprint density at radius 1 is 1.36 bits per heavy atom. The number of methoxy groups -OCH3 is 1. The molecule has 1 atom stereocenters. The molecule has 0 amide bonds. The fraction of sp³-hybridized carbons (Fsp3) is 0.316. The maximum absolute atomic E-state index is 13.6. The summed E-state index contributed by atoms with van der Waals surface area (Å²) < 4.78 is 25.0. The highest BCUT2D eigenvalue weighted by Crippen LogP contribution is 2.28. The fourth-order valence-corrected chi connectivity index (χ4v) is 3.97. The maximum Gasteiger partial charge on any atom is 0.348 e. The van der Waals surface area contributed by atoms with Crippen molar-refractivity contribution in [2.45, 2.75) is 26.5 Å². The summed E-state index contributed by atoms with van der Waals surface area (Å²) in [6.07, 6.45) is -1.06. The monoisotopic (exact) mass is 406 g/mol. The molecule has 0 saturated heterocycles. The third-order valence-electron chi connectivity index (χ3n) is 4.27. The number of thiophene rings is 1. The lowest BCUT2D eigenvalue weighted by Crippen LogP contribution is -2.32. The lowest BCUT2D eigenvalue weighted by molar-refractivity contribution is 0.0605. The number of aryl methyl sites for hydroxylation is 2. The van der Waals surface area contributed by atoms with Gasteiger partial charge >= 0.3 is 5.97 Å². The standard InChI is InChI=1S/C19H19FN2O5S/c1-10-15-17(28-16(10)19(25)26-3)21-11(2)22(18(15)24)8-12(23)9-27-14-7-5-4-6-13(14)20/h4-7,12,23H,8-9H2,1-3H3/t12-/m0/s1. The van der Waals surface area contributed by atoms with Gasteiger partial charge in [0.2, 0.25) is 0 Å². The summed E-state index contributed by atoms with van der Waals surface area (Å²) in [6.45, 7) is 3.02. The molecule has 0 saturated carbocycles. The fourth-order valence-electron chi connectivity index (χ4n) is 2.83. The number of rotatable bonds is 6. The molecular weight excluding hydrogens is 387 g/mol. The van der Waals surface area contributed by atoms with E-state index in [2.05, 4.69) is 4.98 Å². The van der Waals surface area contributed by atoms with Gasteiger partial charge < -0.3 is 14.6 Å². The van der Waals surface area contributed by atoms with Crippen LogP contribution in [-0.2, 0) is 11.3 Å². The van der Waals surface area contributed by atoms with E-state index in [0.717, 1.165) is 11.3 Å². The van der Waals surface area contributed by atoms with Crippen molar-refractivity contribution in [1.82, 2.24) is 9.55 Å². The Hall–Kier alpha value is -2.78. The van der Waals surface area contributed by atoms with Crippen molar-refractivity contribution >= 4 is 27.5 Å². The van der Waals surface area contributed by atoms with Crippen LogP contribution in [0.15, 0.2) is 29.1 Å². The Balaban J connectivity index is 1.86. The van der Waals surface area contributed by atoms with Gasteiger partial charge in [-0.3, -0.25) is 9.36 Å². The van der Waals surface area contributed by atoms with Gasteiger partial charge in [-0.1, -0.05) is 12.1 Å². The van der Waals surface area contributed by atoms with Gasteiger partial charge in [-0.15, -0.1) is 11.3 Å². The molecule has 9 heteroatoms. The number of benzene rings is 1. The molecule has 1 aromatic carbocycles. The molecule has 2 heterocycles. The minimum atomic E-state index is -1.06. The van der Waals surface area contributed by atoms with E-state index in [9.17, 15) is 19.1 Å². The summed E-state index contributed by atoms with van der Waals surface area (Å²) in [7, 11) is 1.27. The van der Waals surface area contributed by atoms with Crippen molar-refractivity contribution in [1.29, 1.82) is 0 Å². The zero-order chi connectivity index (χ0) is 20.4. The summed E-state index contributed by atoms with van der Waals surface area (Å²) in [5.74, 6) is -0.645. The average Bonchev–Trinajstić information content (AvgIpc) is 3.00. The highest BCUT2D eigenvalue weighted by atomic mass is 32.1. The zero-order valence-electron chi connectivity index (χ0n) is 15.6. The first-order chi connectivity index (χ1) is 13.3. The van der Waals surface area contributed by atoms with E-state index in [-0.39, 0.29) is 24.5 Å².